The van der Waals surface area contributed by atoms with Crippen molar-refractivity contribution in [2.75, 3.05) is 6.26 Å². The molecule has 3 heteroatoms. The van der Waals surface area contributed by atoms with E-state index in [1.807, 2.05) is 30.5 Å². The lowest BCUT2D eigenvalue weighted by molar-refractivity contribution is 0.281. The van der Waals surface area contributed by atoms with Gasteiger partial charge in [-0.2, -0.15) is 0 Å². The zero-order chi connectivity index (χ0) is 8.10. The zero-order valence-corrected chi connectivity index (χ0v) is 7.10. The molecule has 1 aromatic rings. The lowest BCUT2D eigenvalue weighted by Gasteiger charge is -2.01. The minimum absolute atomic E-state index is 0.0611. The van der Waals surface area contributed by atoms with E-state index in [9.17, 15) is 0 Å². The molecule has 0 bridgehead atoms. The summed E-state index contributed by atoms with van der Waals surface area (Å²) < 4.78 is 5.15. The summed E-state index contributed by atoms with van der Waals surface area (Å²) in [6.07, 6.45) is 1.85. The molecule has 0 radical (unpaired) electrons. The van der Waals surface area contributed by atoms with Crippen LogP contribution in [0.15, 0.2) is 24.3 Å². The van der Waals surface area contributed by atoms with Crippen molar-refractivity contribution in [3.8, 4) is 5.75 Å². The van der Waals surface area contributed by atoms with Crippen molar-refractivity contribution in [1.82, 2.24) is 0 Å². The topological polar surface area (TPSA) is 29.5 Å². The smallest absolute Gasteiger partial charge is 0.137 e. The van der Waals surface area contributed by atoms with Crippen LogP contribution in [-0.4, -0.2) is 11.4 Å². The van der Waals surface area contributed by atoms with Crippen LogP contribution in [0.1, 0.15) is 5.56 Å². The molecule has 0 unspecified atom stereocenters. The highest BCUT2D eigenvalue weighted by atomic mass is 32.2. The van der Waals surface area contributed by atoms with Crippen LogP contribution in [0.2, 0.25) is 0 Å². The lowest BCUT2D eigenvalue weighted by Crippen LogP contribution is -1.84. The fraction of sp³-hybridized carbons (Fsp3) is 0.250. The van der Waals surface area contributed by atoms with Crippen molar-refractivity contribution in [2.45, 2.75) is 6.61 Å². The summed E-state index contributed by atoms with van der Waals surface area (Å²) in [6.45, 7) is 0.0611. The molecular weight excluding hydrogens is 160 g/mol. The van der Waals surface area contributed by atoms with E-state index >= 15 is 0 Å². The number of hydrogen-bond donors (Lipinski definition) is 1. The third-order valence-corrected chi connectivity index (χ3v) is 1.62. The largest absolute Gasteiger partial charge is 0.426 e. The van der Waals surface area contributed by atoms with Gasteiger partial charge in [-0.15, -0.1) is 0 Å². The van der Waals surface area contributed by atoms with Crippen LogP contribution in [-0.2, 0) is 6.61 Å². The molecule has 0 fully saturated rings. The Bertz CT molecular complexity index is 225. The summed E-state index contributed by atoms with van der Waals surface area (Å²) in [5.74, 6) is 0.782. The van der Waals surface area contributed by atoms with Crippen molar-refractivity contribution < 1.29 is 9.29 Å². The highest BCUT2D eigenvalue weighted by Crippen LogP contribution is 2.16. The van der Waals surface area contributed by atoms with Gasteiger partial charge in [-0.3, -0.25) is 0 Å². The lowest BCUT2D eigenvalue weighted by atomic mass is 10.2. The molecule has 60 valence electrons. The third-order valence-electron chi connectivity index (χ3n) is 1.26. The van der Waals surface area contributed by atoms with Gasteiger partial charge in [0.25, 0.3) is 0 Å². The Morgan fingerprint density at radius 1 is 1.55 bits per heavy atom. The van der Waals surface area contributed by atoms with Gasteiger partial charge < -0.3 is 9.29 Å². The van der Waals surface area contributed by atoms with Gasteiger partial charge in [-0.1, -0.05) is 12.1 Å². The van der Waals surface area contributed by atoms with Crippen LogP contribution in [0, 0.1) is 0 Å². The van der Waals surface area contributed by atoms with E-state index in [2.05, 4.69) is 0 Å². The molecule has 2 nitrogen and oxygen atoms in total. The zero-order valence-electron chi connectivity index (χ0n) is 6.28. The van der Waals surface area contributed by atoms with E-state index in [0.29, 0.717) is 0 Å². The molecule has 1 N–H and O–H groups in total. The highest BCUT2D eigenvalue weighted by molar-refractivity contribution is 7.94. The molecule has 0 atom stereocenters. The van der Waals surface area contributed by atoms with E-state index in [0.717, 1.165) is 11.3 Å². The quantitative estimate of drug-likeness (QED) is 0.702. The molecule has 1 aromatic carbocycles. The standard InChI is InChI=1S/C8H10O2S/c1-11-10-8-4-2-3-7(5-8)6-9/h2-5,9H,6H2,1H3. The molecule has 1 rings (SSSR count). The summed E-state index contributed by atoms with van der Waals surface area (Å²) in [6, 6.07) is 7.39. The molecular formula is C8H10O2S. The van der Waals surface area contributed by atoms with Gasteiger partial charge in [-0.05, 0) is 17.7 Å². The van der Waals surface area contributed by atoms with Gasteiger partial charge in [0.1, 0.15) is 5.75 Å². The fourth-order valence-corrected chi connectivity index (χ4v) is 1.09. The molecule has 0 amide bonds. The predicted molar refractivity (Wildman–Crippen MR) is 46.5 cm³/mol. The summed E-state index contributed by atoms with van der Waals surface area (Å²) >= 11 is 1.29. The normalized spacial score (nSPS) is 9.64. The van der Waals surface area contributed by atoms with Crippen LogP contribution in [0.4, 0.5) is 0 Å². The molecule has 11 heavy (non-hydrogen) atoms. The first-order valence-electron chi connectivity index (χ1n) is 3.27. The van der Waals surface area contributed by atoms with Gasteiger partial charge >= 0.3 is 0 Å². The maximum Gasteiger partial charge on any atom is 0.137 e. The molecule has 0 spiro atoms. The Labute approximate surface area is 70.4 Å². The van der Waals surface area contributed by atoms with Crippen LogP contribution < -0.4 is 4.18 Å². The second kappa shape index (κ2) is 4.26. The van der Waals surface area contributed by atoms with E-state index in [1.54, 1.807) is 0 Å². The monoisotopic (exact) mass is 170 g/mol. The third kappa shape index (κ3) is 2.44. The summed E-state index contributed by atoms with van der Waals surface area (Å²) in [5, 5.41) is 8.77. The highest BCUT2D eigenvalue weighted by Gasteiger charge is 1.93. The molecule has 0 aliphatic heterocycles. The Morgan fingerprint density at radius 2 is 2.36 bits per heavy atom. The molecule has 0 aliphatic rings. The van der Waals surface area contributed by atoms with Crippen LogP contribution in [0.25, 0.3) is 0 Å². The Hall–Kier alpha value is -0.670. The van der Waals surface area contributed by atoms with Crippen molar-refractivity contribution in [3.05, 3.63) is 29.8 Å². The first kappa shape index (κ1) is 8.43. The van der Waals surface area contributed by atoms with Gasteiger partial charge in [-0.25, -0.2) is 0 Å². The minimum Gasteiger partial charge on any atom is -0.426 e. The average Bonchev–Trinajstić information content (AvgIpc) is 2.06. The van der Waals surface area contributed by atoms with Crippen LogP contribution >= 0.6 is 12.0 Å². The second-order valence-electron chi connectivity index (χ2n) is 2.06. The summed E-state index contributed by atoms with van der Waals surface area (Å²) in [5.41, 5.74) is 0.872. The van der Waals surface area contributed by atoms with Crippen molar-refractivity contribution in [2.24, 2.45) is 0 Å². The maximum atomic E-state index is 8.77. The van der Waals surface area contributed by atoms with E-state index < -0.39 is 0 Å². The molecule has 0 aliphatic carbocycles. The van der Waals surface area contributed by atoms with Crippen LogP contribution in [0.5, 0.6) is 5.75 Å². The molecule has 0 heterocycles. The minimum atomic E-state index is 0.0611. The fourth-order valence-electron chi connectivity index (χ4n) is 0.792. The van der Waals surface area contributed by atoms with Crippen molar-refractivity contribution >= 4 is 12.0 Å². The van der Waals surface area contributed by atoms with Gasteiger partial charge in [0, 0.05) is 6.26 Å². The first-order valence-corrected chi connectivity index (χ1v) is 4.42. The molecule has 0 aromatic heterocycles. The maximum absolute atomic E-state index is 8.77. The van der Waals surface area contributed by atoms with E-state index in [1.165, 1.54) is 12.0 Å². The Morgan fingerprint density at radius 3 is 3.00 bits per heavy atom. The molecule has 0 saturated heterocycles. The second-order valence-corrected chi connectivity index (χ2v) is 2.56. The Balaban J connectivity index is 2.74. The first-order chi connectivity index (χ1) is 5.36. The van der Waals surface area contributed by atoms with Gasteiger partial charge in [0.15, 0.2) is 0 Å². The number of benzene rings is 1. The molecule has 0 saturated carbocycles. The number of aliphatic hydroxyl groups excluding tert-OH is 1. The van der Waals surface area contributed by atoms with E-state index in [4.69, 9.17) is 9.29 Å². The summed E-state index contributed by atoms with van der Waals surface area (Å²) in [4.78, 5) is 0. The van der Waals surface area contributed by atoms with Crippen molar-refractivity contribution in [3.63, 3.8) is 0 Å². The van der Waals surface area contributed by atoms with Crippen molar-refractivity contribution in [1.29, 1.82) is 0 Å². The van der Waals surface area contributed by atoms with Gasteiger partial charge in [0.2, 0.25) is 0 Å². The number of aliphatic hydroxyl groups is 1. The summed E-state index contributed by atoms with van der Waals surface area (Å²) in [7, 11) is 0. The average molecular weight is 170 g/mol. The number of rotatable bonds is 3. The SMILES string of the molecule is CSOc1cccc(CO)c1. The van der Waals surface area contributed by atoms with Crippen LogP contribution in [0.3, 0.4) is 0 Å². The van der Waals surface area contributed by atoms with E-state index in [-0.39, 0.29) is 6.61 Å². The predicted octanol–water partition coefficient (Wildman–Crippen LogP) is 1.84. The Kier molecular flexibility index (Phi) is 3.26. The van der Waals surface area contributed by atoms with Gasteiger partial charge in [0.05, 0.1) is 18.6 Å². The number of hydrogen-bond acceptors (Lipinski definition) is 3.